The molecule has 0 N–H and O–H groups in total. The summed E-state index contributed by atoms with van der Waals surface area (Å²) in [4.78, 5) is 29.0. The minimum Gasteiger partial charge on any atom is -0.484 e. The SMILES string of the molecule is O=C(COc1ccc(/C=C2\SC(=S)N(CCc3ccccc3)C2=O)cc1)N1CCCC1. The van der Waals surface area contributed by atoms with Gasteiger partial charge in [-0.1, -0.05) is 66.4 Å². The number of hydrogen-bond acceptors (Lipinski definition) is 5. The van der Waals surface area contributed by atoms with Crippen LogP contribution < -0.4 is 4.74 Å². The lowest BCUT2D eigenvalue weighted by Crippen LogP contribution is -2.32. The fraction of sp³-hybridized carbons (Fsp3) is 0.292. The number of thiocarbonyl (C=S) groups is 1. The molecule has 0 atom stereocenters. The fourth-order valence-electron chi connectivity index (χ4n) is 3.59. The van der Waals surface area contributed by atoms with Crippen LogP contribution in [0.15, 0.2) is 59.5 Å². The van der Waals surface area contributed by atoms with Crippen molar-refractivity contribution >= 4 is 46.2 Å². The zero-order chi connectivity index (χ0) is 21.6. The third-order valence-electron chi connectivity index (χ3n) is 5.34. The Bertz CT molecular complexity index is 984. The Balaban J connectivity index is 1.33. The first-order chi connectivity index (χ1) is 15.1. The number of carbonyl (C=O) groups excluding carboxylic acids is 2. The second-order valence-corrected chi connectivity index (χ2v) is 9.19. The topological polar surface area (TPSA) is 49.9 Å². The molecule has 5 nitrogen and oxygen atoms in total. The number of likely N-dealkylation sites (tertiary alicyclic amines) is 1. The number of thioether (sulfide) groups is 1. The van der Waals surface area contributed by atoms with Gasteiger partial charge in [0.15, 0.2) is 6.61 Å². The first-order valence-corrected chi connectivity index (χ1v) is 11.6. The Hall–Kier alpha value is -2.64. The summed E-state index contributed by atoms with van der Waals surface area (Å²) >= 11 is 6.75. The molecule has 2 aliphatic heterocycles. The molecule has 160 valence electrons. The van der Waals surface area contributed by atoms with Crippen molar-refractivity contribution in [2.24, 2.45) is 0 Å². The van der Waals surface area contributed by atoms with Crippen LogP contribution in [0.4, 0.5) is 0 Å². The first-order valence-electron chi connectivity index (χ1n) is 10.4. The highest BCUT2D eigenvalue weighted by atomic mass is 32.2. The predicted octanol–water partition coefficient (Wildman–Crippen LogP) is 4.13. The second-order valence-electron chi connectivity index (χ2n) is 7.51. The van der Waals surface area contributed by atoms with Crippen LogP contribution in [0.5, 0.6) is 5.75 Å². The third-order valence-corrected chi connectivity index (χ3v) is 6.72. The number of benzene rings is 2. The zero-order valence-electron chi connectivity index (χ0n) is 17.2. The van der Waals surface area contributed by atoms with Crippen LogP contribution in [0.3, 0.4) is 0 Å². The summed E-state index contributed by atoms with van der Waals surface area (Å²) in [6.45, 7) is 2.28. The van der Waals surface area contributed by atoms with E-state index in [1.807, 2.05) is 53.4 Å². The van der Waals surface area contributed by atoms with Gasteiger partial charge >= 0.3 is 0 Å². The van der Waals surface area contributed by atoms with Crippen molar-refractivity contribution in [1.82, 2.24) is 9.80 Å². The number of nitrogens with zero attached hydrogens (tertiary/aromatic N) is 2. The van der Waals surface area contributed by atoms with E-state index in [2.05, 4.69) is 12.1 Å². The molecular formula is C24H24N2O3S2. The predicted molar refractivity (Wildman–Crippen MR) is 128 cm³/mol. The largest absolute Gasteiger partial charge is 0.484 e. The second kappa shape index (κ2) is 10.1. The van der Waals surface area contributed by atoms with E-state index < -0.39 is 0 Å². The number of rotatable bonds is 7. The van der Waals surface area contributed by atoms with Gasteiger partial charge in [-0.3, -0.25) is 14.5 Å². The Morgan fingerprint density at radius 2 is 1.77 bits per heavy atom. The van der Waals surface area contributed by atoms with Gasteiger partial charge in [-0.15, -0.1) is 0 Å². The summed E-state index contributed by atoms with van der Waals surface area (Å²) in [6.07, 6.45) is 4.75. The Labute approximate surface area is 192 Å². The average molecular weight is 453 g/mol. The minimum absolute atomic E-state index is 0.0285. The highest BCUT2D eigenvalue weighted by Gasteiger charge is 2.31. The highest BCUT2D eigenvalue weighted by molar-refractivity contribution is 8.26. The summed E-state index contributed by atoms with van der Waals surface area (Å²) in [5.41, 5.74) is 2.07. The van der Waals surface area contributed by atoms with Gasteiger partial charge in [0, 0.05) is 19.6 Å². The molecule has 0 bridgehead atoms. The van der Waals surface area contributed by atoms with Crippen molar-refractivity contribution in [2.45, 2.75) is 19.3 Å². The molecule has 0 aromatic heterocycles. The van der Waals surface area contributed by atoms with E-state index >= 15 is 0 Å². The molecule has 2 saturated heterocycles. The van der Waals surface area contributed by atoms with Gasteiger partial charge in [-0.25, -0.2) is 0 Å². The number of hydrogen-bond donors (Lipinski definition) is 0. The molecule has 0 unspecified atom stereocenters. The molecule has 2 heterocycles. The molecule has 31 heavy (non-hydrogen) atoms. The van der Waals surface area contributed by atoms with Gasteiger partial charge in [0.25, 0.3) is 11.8 Å². The van der Waals surface area contributed by atoms with Gasteiger partial charge in [0.05, 0.1) is 4.91 Å². The van der Waals surface area contributed by atoms with Gasteiger partial charge in [0.1, 0.15) is 10.1 Å². The molecule has 0 spiro atoms. The summed E-state index contributed by atoms with van der Waals surface area (Å²) in [7, 11) is 0. The molecule has 2 aromatic rings. The molecule has 2 aliphatic rings. The molecule has 7 heteroatoms. The highest BCUT2D eigenvalue weighted by Crippen LogP contribution is 2.32. The summed E-state index contributed by atoms with van der Waals surface area (Å²) < 4.78 is 6.21. The normalized spacial score (nSPS) is 17.6. The zero-order valence-corrected chi connectivity index (χ0v) is 18.8. The van der Waals surface area contributed by atoms with Gasteiger partial charge in [-0.05, 0) is 48.6 Å². The van der Waals surface area contributed by atoms with E-state index in [9.17, 15) is 9.59 Å². The van der Waals surface area contributed by atoms with Crippen LogP contribution >= 0.6 is 24.0 Å². The maximum absolute atomic E-state index is 12.8. The van der Waals surface area contributed by atoms with Crippen LogP contribution in [0.1, 0.15) is 24.0 Å². The molecule has 4 rings (SSSR count). The van der Waals surface area contributed by atoms with E-state index in [4.69, 9.17) is 17.0 Å². The molecule has 2 amide bonds. The van der Waals surface area contributed by atoms with Crippen LogP contribution in [0.25, 0.3) is 6.08 Å². The van der Waals surface area contributed by atoms with Gasteiger partial charge < -0.3 is 9.64 Å². The third kappa shape index (κ3) is 5.54. The Morgan fingerprint density at radius 3 is 2.48 bits per heavy atom. The van der Waals surface area contributed by atoms with E-state index in [0.29, 0.717) is 21.5 Å². The van der Waals surface area contributed by atoms with E-state index in [1.165, 1.54) is 17.3 Å². The van der Waals surface area contributed by atoms with Crippen molar-refractivity contribution in [2.75, 3.05) is 26.2 Å². The van der Waals surface area contributed by atoms with Gasteiger partial charge in [0.2, 0.25) is 0 Å². The lowest BCUT2D eigenvalue weighted by Gasteiger charge is -2.15. The maximum Gasteiger partial charge on any atom is 0.266 e. The van der Waals surface area contributed by atoms with E-state index in [0.717, 1.165) is 37.9 Å². The standard InChI is InChI=1S/C24H24N2O3S2/c27-22(25-13-4-5-14-25)17-29-20-10-8-19(9-11-20)16-21-23(28)26(24(30)31-21)15-12-18-6-2-1-3-7-18/h1-3,6-11,16H,4-5,12-15,17H2/b21-16-. The molecule has 0 aliphatic carbocycles. The maximum atomic E-state index is 12.8. The van der Waals surface area contributed by atoms with E-state index in [1.54, 1.807) is 4.90 Å². The van der Waals surface area contributed by atoms with Gasteiger partial charge in [-0.2, -0.15) is 0 Å². The van der Waals surface area contributed by atoms with Crippen LogP contribution in [-0.4, -0.2) is 52.2 Å². The summed E-state index contributed by atoms with van der Waals surface area (Å²) in [6, 6.07) is 17.5. The van der Waals surface area contributed by atoms with Crippen molar-refractivity contribution in [1.29, 1.82) is 0 Å². The fourth-order valence-corrected chi connectivity index (χ4v) is 4.90. The lowest BCUT2D eigenvalue weighted by atomic mass is 10.1. The lowest BCUT2D eigenvalue weighted by molar-refractivity contribution is -0.132. The molecule has 2 aromatic carbocycles. The molecule has 2 fully saturated rings. The summed E-state index contributed by atoms with van der Waals surface area (Å²) in [5, 5.41) is 0. The average Bonchev–Trinajstić information content (AvgIpc) is 3.42. The minimum atomic E-state index is -0.0533. The van der Waals surface area contributed by atoms with Crippen LogP contribution in [0, 0.1) is 0 Å². The number of amides is 2. The Morgan fingerprint density at radius 1 is 1.06 bits per heavy atom. The first kappa shape index (κ1) is 21.6. The van der Waals surface area contributed by atoms with Crippen molar-refractivity contribution in [3.8, 4) is 5.75 Å². The summed E-state index contributed by atoms with van der Waals surface area (Å²) in [5.74, 6) is 0.614. The van der Waals surface area contributed by atoms with Crippen molar-refractivity contribution in [3.63, 3.8) is 0 Å². The Kier molecular flexibility index (Phi) is 7.04. The number of ether oxygens (including phenoxy) is 1. The van der Waals surface area contributed by atoms with Crippen molar-refractivity contribution < 1.29 is 14.3 Å². The monoisotopic (exact) mass is 452 g/mol. The van der Waals surface area contributed by atoms with Crippen molar-refractivity contribution in [3.05, 3.63) is 70.6 Å². The molecular weight excluding hydrogens is 428 g/mol. The molecule has 0 radical (unpaired) electrons. The van der Waals surface area contributed by atoms with Crippen LogP contribution in [-0.2, 0) is 16.0 Å². The van der Waals surface area contributed by atoms with Crippen LogP contribution in [0.2, 0.25) is 0 Å². The smallest absolute Gasteiger partial charge is 0.266 e. The van der Waals surface area contributed by atoms with E-state index in [-0.39, 0.29) is 18.4 Å². The molecule has 0 saturated carbocycles. The quantitative estimate of drug-likeness (QED) is 0.467. The number of carbonyl (C=O) groups is 2.